The van der Waals surface area contributed by atoms with Gasteiger partial charge in [0.25, 0.3) is 0 Å². The summed E-state index contributed by atoms with van der Waals surface area (Å²) in [5.74, 6) is 0. The van der Waals surface area contributed by atoms with Crippen LogP contribution >= 0.6 is 11.6 Å². The predicted octanol–water partition coefficient (Wildman–Crippen LogP) is 3.41. The lowest BCUT2D eigenvalue weighted by molar-refractivity contribution is -0.137. The van der Waals surface area contributed by atoms with Gasteiger partial charge in [-0.05, 0) is 26.7 Å². The van der Waals surface area contributed by atoms with Crippen molar-refractivity contribution in [1.82, 2.24) is 9.78 Å². The van der Waals surface area contributed by atoms with Gasteiger partial charge < -0.3 is 5.11 Å². The predicted molar refractivity (Wildman–Crippen MR) is 67.2 cm³/mol. The molecule has 1 unspecified atom stereocenters. The molecule has 0 aliphatic heterocycles. The molecule has 0 aliphatic carbocycles. The highest BCUT2D eigenvalue weighted by Gasteiger charge is 2.30. The molecule has 1 aromatic heterocycles. The zero-order valence-electron chi connectivity index (χ0n) is 11.2. The molecule has 0 saturated heterocycles. The topological polar surface area (TPSA) is 38.0 Å². The minimum absolute atomic E-state index is 0.0626. The number of aryl methyl sites for hydroxylation is 2. The molecule has 7 heteroatoms. The summed E-state index contributed by atoms with van der Waals surface area (Å²) >= 11 is 6.05. The highest BCUT2D eigenvalue weighted by atomic mass is 35.5. The molecule has 0 bridgehead atoms. The smallest absolute Gasteiger partial charge is 0.389 e. The van der Waals surface area contributed by atoms with E-state index in [2.05, 4.69) is 5.10 Å². The first kappa shape index (κ1) is 16.3. The van der Waals surface area contributed by atoms with Crippen molar-refractivity contribution in [3.8, 4) is 0 Å². The van der Waals surface area contributed by atoms with Gasteiger partial charge in [0.2, 0.25) is 0 Å². The number of rotatable bonds is 5. The second kappa shape index (κ2) is 5.71. The van der Waals surface area contributed by atoms with Crippen molar-refractivity contribution in [2.75, 3.05) is 0 Å². The maximum Gasteiger partial charge on any atom is 0.389 e. The van der Waals surface area contributed by atoms with Gasteiger partial charge >= 0.3 is 6.18 Å². The first-order valence-electron chi connectivity index (χ1n) is 5.99. The summed E-state index contributed by atoms with van der Waals surface area (Å²) in [6.45, 7) is 3.26. The molecule has 1 rings (SSSR count). The monoisotopic (exact) mass is 298 g/mol. The van der Waals surface area contributed by atoms with Gasteiger partial charge in [0.15, 0.2) is 0 Å². The molecule has 1 atom stereocenters. The number of aliphatic hydroxyl groups is 1. The SMILES string of the molecule is Cc1nn(C)c(CC(C)(O)CCCC(F)(F)F)c1Cl. The Kier molecular flexibility index (Phi) is 4.90. The maximum atomic E-state index is 12.1. The molecule has 3 nitrogen and oxygen atoms in total. The highest BCUT2D eigenvalue weighted by Crippen LogP contribution is 2.29. The summed E-state index contributed by atoms with van der Waals surface area (Å²) in [5, 5.41) is 14.7. The molecule has 0 amide bonds. The van der Waals surface area contributed by atoms with Gasteiger partial charge in [-0.2, -0.15) is 18.3 Å². The van der Waals surface area contributed by atoms with Gasteiger partial charge in [-0.25, -0.2) is 0 Å². The van der Waals surface area contributed by atoms with E-state index >= 15 is 0 Å². The van der Waals surface area contributed by atoms with E-state index in [1.54, 1.807) is 18.7 Å². The minimum atomic E-state index is -4.18. The Labute approximate surface area is 115 Å². The number of nitrogens with zero attached hydrogens (tertiary/aromatic N) is 2. The van der Waals surface area contributed by atoms with Crippen LogP contribution in [0.2, 0.25) is 5.02 Å². The normalized spacial score (nSPS) is 15.6. The molecule has 110 valence electrons. The first-order chi connectivity index (χ1) is 8.52. The van der Waals surface area contributed by atoms with E-state index in [0.717, 1.165) is 0 Å². The van der Waals surface area contributed by atoms with Crippen molar-refractivity contribution in [3.05, 3.63) is 16.4 Å². The van der Waals surface area contributed by atoms with Gasteiger partial charge in [-0.3, -0.25) is 4.68 Å². The fourth-order valence-electron chi connectivity index (χ4n) is 1.99. The van der Waals surface area contributed by atoms with Gasteiger partial charge in [0.1, 0.15) is 0 Å². The Balaban J connectivity index is 2.64. The van der Waals surface area contributed by atoms with Gasteiger partial charge in [-0.1, -0.05) is 11.6 Å². The molecular weight excluding hydrogens is 281 g/mol. The van der Waals surface area contributed by atoms with Crippen molar-refractivity contribution in [1.29, 1.82) is 0 Å². The largest absolute Gasteiger partial charge is 0.390 e. The summed E-state index contributed by atoms with van der Waals surface area (Å²) in [4.78, 5) is 0. The lowest BCUT2D eigenvalue weighted by Crippen LogP contribution is -2.29. The first-order valence-corrected chi connectivity index (χ1v) is 6.37. The summed E-state index contributed by atoms with van der Waals surface area (Å²) in [6.07, 6.45) is -4.93. The molecule has 0 radical (unpaired) electrons. The number of hydrogen-bond donors (Lipinski definition) is 1. The van der Waals surface area contributed by atoms with Crippen LogP contribution in [0.4, 0.5) is 13.2 Å². The standard InChI is InChI=1S/C12H18ClF3N2O/c1-8-10(13)9(18(3)17-8)7-11(2,19)5-4-6-12(14,15)16/h19H,4-7H2,1-3H3. The Morgan fingerprint density at radius 3 is 2.32 bits per heavy atom. The molecule has 1 heterocycles. The lowest BCUT2D eigenvalue weighted by Gasteiger charge is -2.23. The minimum Gasteiger partial charge on any atom is -0.390 e. The molecule has 0 spiro atoms. The van der Waals surface area contributed by atoms with E-state index in [-0.39, 0.29) is 19.3 Å². The van der Waals surface area contributed by atoms with Crippen molar-refractivity contribution in [2.24, 2.45) is 7.05 Å². The molecule has 0 saturated carbocycles. The Hall–Kier alpha value is -0.750. The van der Waals surface area contributed by atoms with Crippen molar-refractivity contribution in [3.63, 3.8) is 0 Å². The van der Waals surface area contributed by atoms with E-state index in [1.165, 1.54) is 6.92 Å². The second-order valence-electron chi connectivity index (χ2n) is 5.11. The fraction of sp³-hybridized carbons (Fsp3) is 0.750. The molecule has 0 aliphatic rings. The average molecular weight is 299 g/mol. The Morgan fingerprint density at radius 2 is 1.89 bits per heavy atom. The molecular formula is C12H18ClF3N2O. The quantitative estimate of drug-likeness (QED) is 0.904. The Bertz CT molecular complexity index is 441. The maximum absolute atomic E-state index is 12.1. The van der Waals surface area contributed by atoms with Crippen LogP contribution in [0.1, 0.15) is 37.6 Å². The van der Waals surface area contributed by atoms with Crippen LogP contribution in [-0.4, -0.2) is 26.7 Å². The summed E-state index contributed by atoms with van der Waals surface area (Å²) < 4.78 is 37.8. The third-order valence-electron chi connectivity index (χ3n) is 2.99. The third kappa shape index (κ3) is 5.03. The summed E-state index contributed by atoms with van der Waals surface area (Å²) in [6, 6.07) is 0. The molecule has 19 heavy (non-hydrogen) atoms. The lowest BCUT2D eigenvalue weighted by atomic mass is 9.93. The average Bonchev–Trinajstić information content (AvgIpc) is 2.42. The molecule has 0 fully saturated rings. The van der Waals surface area contributed by atoms with Crippen molar-refractivity contribution in [2.45, 2.75) is 51.3 Å². The molecule has 0 aromatic carbocycles. The third-order valence-corrected chi connectivity index (χ3v) is 3.48. The fourth-order valence-corrected chi connectivity index (χ4v) is 2.22. The number of aromatic nitrogens is 2. The van der Waals surface area contributed by atoms with Crippen molar-refractivity contribution < 1.29 is 18.3 Å². The molecule has 1 N–H and O–H groups in total. The van der Waals surface area contributed by atoms with Crippen LogP contribution in [-0.2, 0) is 13.5 Å². The molecule has 1 aromatic rings. The summed E-state index contributed by atoms with van der Waals surface area (Å²) in [7, 11) is 1.69. The van der Waals surface area contributed by atoms with Crippen LogP contribution in [0.5, 0.6) is 0 Å². The highest BCUT2D eigenvalue weighted by molar-refractivity contribution is 6.31. The van der Waals surface area contributed by atoms with Crippen LogP contribution in [0.25, 0.3) is 0 Å². The number of halogens is 4. The van der Waals surface area contributed by atoms with E-state index in [4.69, 9.17) is 11.6 Å². The van der Waals surface area contributed by atoms with E-state index in [0.29, 0.717) is 16.4 Å². The summed E-state index contributed by atoms with van der Waals surface area (Å²) in [5.41, 5.74) is 0.0520. The number of hydrogen-bond acceptors (Lipinski definition) is 2. The van der Waals surface area contributed by atoms with Crippen LogP contribution in [0.15, 0.2) is 0 Å². The zero-order valence-corrected chi connectivity index (χ0v) is 11.9. The van der Waals surface area contributed by atoms with Crippen LogP contribution in [0, 0.1) is 6.92 Å². The van der Waals surface area contributed by atoms with Gasteiger partial charge in [0.05, 0.1) is 22.0 Å². The van der Waals surface area contributed by atoms with Gasteiger partial charge in [0, 0.05) is 19.9 Å². The Morgan fingerprint density at radius 1 is 1.32 bits per heavy atom. The van der Waals surface area contributed by atoms with E-state index in [1.807, 2.05) is 0 Å². The van der Waals surface area contributed by atoms with Crippen molar-refractivity contribution >= 4 is 11.6 Å². The second-order valence-corrected chi connectivity index (χ2v) is 5.49. The van der Waals surface area contributed by atoms with Crippen LogP contribution in [0.3, 0.4) is 0 Å². The van der Waals surface area contributed by atoms with Gasteiger partial charge in [-0.15, -0.1) is 0 Å². The zero-order chi connectivity index (χ0) is 14.8. The number of alkyl halides is 3. The van der Waals surface area contributed by atoms with Crippen LogP contribution < -0.4 is 0 Å². The van der Waals surface area contributed by atoms with E-state index < -0.39 is 18.2 Å². The van der Waals surface area contributed by atoms with E-state index in [9.17, 15) is 18.3 Å².